The zero-order valence-corrected chi connectivity index (χ0v) is 9.33. The Morgan fingerprint density at radius 3 is 3.22 bits per heavy atom. The first-order valence-electron chi connectivity index (χ1n) is 5.38. The van der Waals surface area contributed by atoms with E-state index in [1.54, 1.807) is 10.6 Å². The van der Waals surface area contributed by atoms with Gasteiger partial charge in [-0.1, -0.05) is 0 Å². The fourth-order valence-corrected chi connectivity index (χ4v) is 1.93. The van der Waals surface area contributed by atoms with Crippen LogP contribution in [0.2, 0.25) is 0 Å². The summed E-state index contributed by atoms with van der Waals surface area (Å²) in [6.07, 6.45) is 3.49. The number of aromatic nitrogens is 4. The maximum absolute atomic E-state index is 11.6. The number of nitrogen functional groups attached to an aromatic ring is 1. The van der Waals surface area contributed by atoms with E-state index in [2.05, 4.69) is 15.0 Å². The molecule has 18 heavy (non-hydrogen) atoms. The minimum absolute atomic E-state index is 0.0302. The lowest BCUT2D eigenvalue weighted by molar-refractivity contribution is 0.0656. The SMILES string of the molecule is Nc1nc2c(ncn2C2CC=C(CO)O2)c(=O)[nH]1. The molecule has 0 fully saturated rings. The maximum Gasteiger partial charge on any atom is 0.280 e. The molecule has 2 aromatic heterocycles. The second-order valence-electron chi connectivity index (χ2n) is 3.91. The standard InChI is InChI=1S/C10H11N5O3/c11-10-13-8-7(9(17)14-10)12-4-15(8)6-2-1-5(3-16)18-6/h1,4,6,16H,2-3H2,(H3,11,13,14,17). The normalized spacial score (nSPS) is 18.9. The van der Waals surface area contributed by atoms with Crippen LogP contribution in [-0.2, 0) is 4.74 Å². The van der Waals surface area contributed by atoms with Crippen molar-refractivity contribution in [2.75, 3.05) is 12.3 Å². The van der Waals surface area contributed by atoms with Crippen LogP contribution in [0.1, 0.15) is 12.6 Å². The van der Waals surface area contributed by atoms with Gasteiger partial charge in [-0.05, 0) is 6.08 Å². The molecule has 1 aliphatic rings. The number of aromatic amines is 1. The Bertz CT molecular complexity index is 686. The smallest absolute Gasteiger partial charge is 0.280 e. The molecule has 1 unspecified atom stereocenters. The molecule has 1 aliphatic heterocycles. The average Bonchev–Trinajstić information content (AvgIpc) is 2.93. The van der Waals surface area contributed by atoms with Gasteiger partial charge in [0, 0.05) is 6.42 Å². The van der Waals surface area contributed by atoms with Crippen molar-refractivity contribution < 1.29 is 9.84 Å². The topological polar surface area (TPSA) is 119 Å². The lowest BCUT2D eigenvalue weighted by atomic mass is 10.3. The van der Waals surface area contributed by atoms with Crippen molar-refractivity contribution in [3.63, 3.8) is 0 Å². The summed E-state index contributed by atoms with van der Waals surface area (Å²) >= 11 is 0. The van der Waals surface area contributed by atoms with E-state index in [0.717, 1.165) is 0 Å². The van der Waals surface area contributed by atoms with Gasteiger partial charge in [0.15, 0.2) is 17.4 Å². The number of fused-ring (bicyclic) bond motifs is 1. The van der Waals surface area contributed by atoms with Crippen LogP contribution in [0.15, 0.2) is 23.0 Å². The zero-order valence-electron chi connectivity index (χ0n) is 9.33. The first-order valence-corrected chi connectivity index (χ1v) is 5.38. The predicted octanol–water partition coefficient (Wildman–Crippen LogP) is -0.503. The summed E-state index contributed by atoms with van der Waals surface area (Å²) in [5.41, 5.74) is 5.70. The van der Waals surface area contributed by atoms with Gasteiger partial charge in [-0.25, -0.2) is 4.98 Å². The quantitative estimate of drug-likeness (QED) is 0.660. The molecule has 94 valence electrons. The number of nitrogens with zero attached hydrogens (tertiary/aromatic N) is 3. The summed E-state index contributed by atoms with van der Waals surface area (Å²) in [7, 11) is 0. The van der Waals surface area contributed by atoms with Crippen LogP contribution in [0.25, 0.3) is 11.2 Å². The highest BCUT2D eigenvalue weighted by Gasteiger charge is 2.22. The molecule has 0 aromatic carbocycles. The molecule has 0 saturated carbocycles. The van der Waals surface area contributed by atoms with Crippen molar-refractivity contribution in [2.24, 2.45) is 0 Å². The molecule has 4 N–H and O–H groups in total. The lowest BCUT2D eigenvalue weighted by Gasteiger charge is -2.14. The third-order valence-electron chi connectivity index (χ3n) is 2.75. The average molecular weight is 249 g/mol. The highest BCUT2D eigenvalue weighted by atomic mass is 16.5. The van der Waals surface area contributed by atoms with Gasteiger partial charge in [0.1, 0.15) is 18.7 Å². The van der Waals surface area contributed by atoms with Gasteiger partial charge in [-0.15, -0.1) is 0 Å². The number of H-pyrrole nitrogens is 1. The third kappa shape index (κ3) is 1.54. The summed E-state index contributed by atoms with van der Waals surface area (Å²) in [5.74, 6) is 0.530. The van der Waals surface area contributed by atoms with E-state index in [1.165, 1.54) is 6.33 Å². The van der Waals surface area contributed by atoms with Crippen LogP contribution < -0.4 is 11.3 Å². The fraction of sp³-hybridized carbons (Fsp3) is 0.300. The number of nitrogens with one attached hydrogen (secondary N) is 1. The summed E-state index contributed by atoms with van der Waals surface area (Å²) in [6, 6.07) is 0. The molecule has 0 aliphatic carbocycles. The van der Waals surface area contributed by atoms with Crippen molar-refractivity contribution in [1.82, 2.24) is 19.5 Å². The summed E-state index contributed by atoms with van der Waals surface area (Å²) in [5, 5.41) is 8.97. The maximum atomic E-state index is 11.6. The van der Waals surface area contributed by atoms with Crippen LogP contribution in [0.3, 0.4) is 0 Å². The van der Waals surface area contributed by atoms with Gasteiger partial charge >= 0.3 is 0 Å². The van der Waals surface area contributed by atoms with Crippen LogP contribution in [0, 0.1) is 0 Å². The number of aliphatic hydroxyl groups excluding tert-OH is 1. The van der Waals surface area contributed by atoms with Crippen LogP contribution >= 0.6 is 0 Å². The molecule has 1 atom stereocenters. The van der Waals surface area contributed by atoms with Gasteiger partial charge in [0.05, 0.1) is 0 Å². The Morgan fingerprint density at radius 1 is 1.67 bits per heavy atom. The highest BCUT2D eigenvalue weighted by Crippen LogP contribution is 2.27. The minimum atomic E-state index is -0.385. The first-order chi connectivity index (χ1) is 8.69. The number of aliphatic hydroxyl groups is 1. The number of ether oxygens (including phenoxy) is 1. The number of hydrogen-bond donors (Lipinski definition) is 3. The Kier molecular flexibility index (Phi) is 2.30. The third-order valence-corrected chi connectivity index (χ3v) is 2.75. The molecule has 0 saturated heterocycles. The molecule has 0 radical (unpaired) electrons. The summed E-state index contributed by atoms with van der Waals surface area (Å²) in [6.45, 7) is -0.153. The first kappa shape index (κ1) is 10.8. The molecular weight excluding hydrogens is 238 g/mol. The molecule has 3 heterocycles. The van der Waals surface area contributed by atoms with Crippen LogP contribution in [0.5, 0.6) is 0 Å². The second-order valence-corrected chi connectivity index (χ2v) is 3.91. The van der Waals surface area contributed by atoms with E-state index in [4.69, 9.17) is 15.6 Å². The van der Waals surface area contributed by atoms with Gasteiger partial charge < -0.3 is 15.6 Å². The number of anilines is 1. The van der Waals surface area contributed by atoms with Gasteiger partial charge in [-0.3, -0.25) is 14.3 Å². The van der Waals surface area contributed by atoms with E-state index < -0.39 is 0 Å². The van der Waals surface area contributed by atoms with Crippen molar-refractivity contribution in [3.05, 3.63) is 28.5 Å². The van der Waals surface area contributed by atoms with Crippen LogP contribution in [0.4, 0.5) is 5.95 Å². The Morgan fingerprint density at radius 2 is 2.50 bits per heavy atom. The van der Waals surface area contributed by atoms with Gasteiger partial charge in [-0.2, -0.15) is 4.98 Å². The minimum Gasteiger partial charge on any atom is -0.472 e. The summed E-state index contributed by atoms with van der Waals surface area (Å²) in [4.78, 5) is 22.0. The van der Waals surface area contributed by atoms with Crippen LogP contribution in [-0.4, -0.2) is 31.2 Å². The van der Waals surface area contributed by atoms with Gasteiger partial charge in [0.2, 0.25) is 5.95 Å². The lowest BCUT2D eigenvalue weighted by Crippen LogP contribution is -2.14. The number of rotatable bonds is 2. The number of imidazole rings is 1. The number of hydrogen-bond acceptors (Lipinski definition) is 6. The zero-order chi connectivity index (χ0) is 12.7. The molecule has 8 nitrogen and oxygen atoms in total. The van der Waals surface area contributed by atoms with Crippen molar-refractivity contribution in [3.8, 4) is 0 Å². The monoisotopic (exact) mass is 249 g/mol. The van der Waals surface area contributed by atoms with Crippen molar-refractivity contribution in [1.29, 1.82) is 0 Å². The molecule has 0 spiro atoms. The highest BCUT2D eigenvalue weighted by molar-refractivity contribution is 5.70. The second kappa shape index (κ2) is 3.84. The van der Waals surface area contributed by atoms with E-state index >= 15 is 0 Å². The molecule has 0 bridgehead atoms. The molecular formula is C10H11N5O3. The number of nitrogens with two attached hydrogens (primary N) is 1. The molecule has 8 heteroatoms. The van der Waals surface area contributed by atoms with Crippen molar-refractivity contribution >= 4 is 17.1 Å². The Balaban J connectivity index is 2.06. The predicted molar refractivity (Wildman–Crippen MR) is 62.5 cm³/mol. The molecule has 3 rings (SSSR count). The van der Waals surface area contributed by atoms with E-state index in [0.29, 0.717) is 17.8 Å². The van der Waals surface area contributed by atoms with Gasteiger partial charge in [0.25, 0.3) is 5.56 Å². The van der Waals surface area contributed by atoms with E-state index in [-0.39, 0.29) is 29.9 Å². The molecule has 0 amide bonds. The molecule has 2 aromatic rings. The Labute approximate surface area is 101 Å². The van der Waals surface area contributed by atoms with E-state index in [1.807, 2.05) is 0 Å². The van der Waals surface area contributed by atoms with E-state index in [9.17, 15) is 4.79 Å². The fourth-order valence-electron chi connectivity index (χ4n) is 1.93. The summed E-state index contributed by atoms with van der Waals surface area (Å²) < 4.78 is 7.11. The largest absolute Gasteiger partial charge is 0.472 e. The Hall–Kier alpha value is -2.35. The van der Waals surface area contributed by atoms with Crippen molar-refractivity contribution in [2.45, 2.75) is 12.6 Å².